The number of aromatic nitrogens is 2. The molecule has 3 heteroatoms. The van der Waals surface area contributed by atoms with E-state index >= 15 is 0 Å². The summed E-state index contributed by atoms with van der Waals surface area (Å²) in [5.74, 6) is 1.96. The van der Waals surface area contributed by atoms with Gasteiger partial charge in [-0.3, -0.25) is 0 Å². The van der Waals surface area contributed by atoms with Gasteiger partial charge in [-0.2, -0.15) is 0 Å². The molecule has 1 N–H and O–H groups in total. The van der Waals surface area contributed by atoms with Crippen molar-refractivity contribution in [2.75, 3.05) is 0 Å². The van der Waals surface area contributed by atoms with Crippen molar-refractivity contribution in [3.63, 3.8) is 0 Å². The summed E-state index contributed by atoms with van der Waals surface area (Å²) in [7, 11) is 0. The van der Waals surface area contributed by atoms with Gasteiger partial charge >= 0.3 is 0 Å². The van der Waals surface area contributed by atoms with Crippen molar-refractivity contribution in [1.29, 1.82) is 0 Å². The lowest BCUT2D eigenvalue weighted by Crippen LogP contribution is -2.48. The lowest BCUT2D eigenvalue weighted by molar-refractivity contribution is 0.0132. The van der Waals surface area contributed by atoms with Crippen LogP contribution in [0.25, 0.3) is 16.7 Å². The first-order valence-corrected chi connectivity index (χ1v) is 11.2. The summed E-state index contributed by atoms with van der Waals surface area (Å²) in [5.41, 5.74) is 5.56. The van der Waals surface area contributed by atoms with E-state index in [4.69, 9.17) is 0 Å². The number of aliphatic hydroxyl groups is 1. The van der Waals surface area contributed by atoms with Gasteiger partial charge in [-0.15, -0.1) is 0 Å². The first-order valence-electron chi connectivity index (χ1n) is 11.2. The van der Waals surface area contributed by atoms with E-state index in [0.717, 1.165) is 24.8 Å². The lowest BCUT2D eigenvalue weighted by Gasteiger charge is -2.56. The fourth-order valence-electron chi connectivity index (χ4n) is 7.21. The Morgan fingerprint density at radius 1 is 1.07 bits per heavy atom. The second kappa shape index (κ2) is 5.95. The maximum atomic E-state index is 10.1. The normalized spacial score (nSPS) is 40.8. The Balaban J connectivity index is 1.39. The van der Waals surface area contributed by atoms with Crippen LogP contribution in [-0.2, 0) is 0 Å². The molecule has 1 saturated carbocycles. The molecule has 2 aromatic rings. The molecule has 0 bridgehead atoms. The van der Waals surface area contributed by atoms with Crippen LogP contribution in [-0.4, -0.2) is 20.8 Å². The number of aliphatic hydroxyl groups excluding tert-OH is 1. The van der Waals surface area contributed by atoms with Gasteiger partial charge in [0.15, 0.2) is 0 Å². The van der Waals surface area contributed by atoms with Crippen molar-refractivity contribution >= 4 is 16.7 Å². The van der Waals surface area contributed by atoms with Crippen molar-refractivity contribution in [2.45, 2.75) is 52.1 Å². The Hall–Kier alpha value is -2.13. The van der Waals surface area contributed by atoms with Crippen LogP contribution in [0, 0.1) is 28.6 Å². The summed E-state index contributed by atoms with van der Waals surface area (Å²) in [6.07, 6.45) is 16.9. The van der Waals surface area contributed by atoms with Crippen molar-refractivity contribution in [3.8, 4) is 0 Å². The lowest BCUT2D eigenvalue weighted by atomic mass is 9.49. The van der Waals surface area contributed by atoms with Crippen LogP contribution < -0.4 is 0 Å². The van der Waals surface area contributed by atoms with Gasteiger partial charge in [-0.1, -0.05) is 50.3 Å². The van der Waals surface area contributed by atoms with Crippen LogP contribution in [0.5, 0.6) is 0 Å². The minimum absolute atomic E-state index is 0.195. The van der Waals surface area contributed by atoms with Gasteiger partial charge in [0, 0.05) is 11.1 Å². The molecular formula is C26H30N2O. The molecule has 1 fully saturated rings. The zero-order chi connectivity index (χ0) is 19.8. The fraction of sp³-hybridized carbons (Fsp3) is 0.500. The maximum Gasteiger partial charge on any atom is 0.100 e. The van der Waals surface area contributed by atoms with E-state index in [9.17, 15) is 5.11 Å². The Morgan fingerprint density at radius 2 is 1.90 bits per heavy atom. The van der Waals surface area contributed by atoms with Gasteiger partial charge in [-0.25, -0.2) is 4.98 Å². The molecule has 4 unspecified atom stereocenters. The molecule has 4 aliphatic carbocycles. The number of imidazole rings is 1. The van der Waals surface area contributed by atoms with Crippen LogP contribution in [0.4, 0.5) is 0 Å². The van der Waals surface area contributed by atoms with Gasteiger partial charge in [0.05, 0.1) is 17.1 Å². The van der Waals surface area contributed by atoms with Crippen molar-refractivity contribution in [1.82, 2.24) is 9.55 Å². The van der Waals surface area contributed by atoms with Crippen LogP contribution in [0.1, 0.15) is 46.0 Å². The molecule has 1 aromatic carbocycles. The average molecular weight is 387 g/mol. The molecule has 0 amide bonds. The molecular weight excluding hydrogens is 356 g/mol. The fourth-order valence-corrected chi connectivity index (χ4v) is 7.21. The van der Waals surface area contributed by atoms with Crippen LogP contribution in [0.15, 0.2) is 60.5 Å². The third kappa shape index (κ3) is 2.31. The number of allylic oxidation sites excluding steroid dienone is 5. The largest absolute Gasteiger partial charge is 0.389 e. The van der Waals surface area contributed by atoms with Gasteiger partial charge < -0.3 is 9.67 Å². The topological polar surface area (TPSA) is 38.0 Å². The summed E-state index contributed by atoms with van der Waals surface area (Å²) >= 11 is 0. The average Bonchev–Trinajstić information content (AvgIpc) is 3.29. The van der Waals surface area contributed by atoms with Crippen molar-refractivity contribution < 1.29 is 5.11 Å². The molecule has 0 spiro atoms. The zero-order valence-electron chi connectivity index (χ0n) is 17.4. The van der Waals surface area contributed by atoms with Gasteiger partial charge in [0.25, 0.3) is 0 Å². The molecule has 0 radical (unpaired) electrons. The number of para-hydroxylation sites is 2. The standard InChI is InChI=1S/C26H30N2O/c1-25-13-11-18(29)15-17(25)7-8-19-20-9-10-24(26(20,2)14-12-21(19)25)28-16-27-22-5-3-4-6-23(22)28/h3-8,10,15-16,18-21,29H,9,11-14H2,1-2H3/t18?,19?,20?,21?,25-,26-/m0/s1. The highest BCUT2D eigenvalue weighted by molar-refractivity contribution is 5.80. The second-order valence-corrected chi connectivity index (χ2v) is 10.2. The van der Waals surface area contributed by atoms with Gasteiger partial charge in [0.2, 0.25) is 0 Å². The summed E-state index contributed by atoms with van der Waals surface area (Å²) in [6, 6.07) is 8.48. The highest BCUT2D eigenvalue weighted by Crippen LogP contribution is 2.64. The third-order valence-electron chi connectivity index (χ3n) is 8.89. The number of rotatable bonds is 1. The molecule has 1 heterocycles. The number of hydrogen-bond acceptors (Lipinski definition) is 2. The van der Waals surface area contributed by atoms with E-state index < -0.39 is 0 Å². The third-order valence-corrected chi connectivity index (χ3v) is 8.89. The molecule has 6 rings (SSSR count). The smallest absolute Gasteiger partial charge is 0.100 e. The molecule has 0 saturated heterocycles. The summed E-state index contributed by atoms with van der Waals surface area (Å²) in [4.78, 5) is 4.66. The second-order valence-electron chi connectivity index (χ2n) is 10.2. The van der Waals surface area contributed by atoms with Gasteiger partial charge in [-0.05, 0) is 73.0 Å². The molecule has 6 atom stereocenters. The highest BCUT2D eigenvalue weighted by Gasteiger charge is 2.56. The first kappa shape index (κ1) is 17.7. The van der Waals surface area contributed by atoms with E-state index in [1.807, 2.05) is 6.33 Å². The Kier molecular flexibility index (Phi) is 3.63. The van der Waals surface area contributed by atoms with E-state index in [0.29, 0.717) is 17.8 Å². The molecule has 29 heavy (non-hydrogen) atoms. The van der Waals surface area contributed by atoms with Crippen LogP contribution >= 0.6 is 0 Å². The predicted molar refractivity (Wildman–Crippen MR) is 117 cm³/mol. The minimum atomic E-state index is -0.262. The summed E-state index contributed by atoms with van der Waals surface area (Å²) in [6.45, 7) is 4.95. The SMILES string of the molecule is C[C@]12CCC(O)C=C1C=CC1C2CC[C@]2(C)C(n3cnc4ccccc43)=CCC12. The van der Waals surface area contributed by atoms with Crippen molar-refractivity contribution in [2.24, 2.45) is 28.6 Å². The monoisotopic (exact) mass is 386 g/mol. The number of nitrogens with zero attached hydrogens (tertiary/aromatic N) is 2. The quantitative estimate of drug-likeness (QED) is 0.694. The first-order chi connectivity index (χ1) is 14.0. The van der Waals surface area contributed by atoms with E-state index in [1.165, 1.54) is 29.6 Å². The van der Waals surface area contributed by atoms with Gasteiger partial charge in [0.1, 0.15) is 6.33 Å². The molecule has 150 valence electrons. The summed E-state index contributed by atoms with van der Waals surface area (Å²) < 4.78 is 2.35. The number of fused-ring (bicyclic) bond motifs is 6. The van der Waals surface area contributed by atoms with Crippen molar-refractivity contribution in [3.05, 3.63) is 60.5 Å². The number of benzene rings is 1. The Morgan fingerprint density at radius 3 is 2.79 bits per heavy atom. The molecule has 0 aliphatic heterocycles. The van der Waals surface area contributed by atoms with E-state index in [2.05, 4.69) is 72.0 Å². The highest BCUT2D eigenvalue weighted by atomic mass is 16.3. The van der Waals surface area contributed by atoms with Crippen LogP contribution in [0.2, 0.25) is 0 Å². The maximum absolute atomic E-state index is 10.1. The summed E-state index contributed by atoms with van der Waals surface area (Å²) in [5, 5.41) is 10.1. The van der Waals surface area contributed by atoms with E-state index in [1.54, 1.807) is 0 Å². The molecule has 3 nitrogen and oxygen atoms in total. The minimum Gasteiger partial charge on any atom is -0.389 e. The van der Waals surface area contributed by atoms with E-state index in [-0.39, 0.29) is 16.9 Å². The Labute approximate surface area is 172 Å². The zero-order valence-corrected chi connectivity index (χ0v) is 17.4. The Bertz CT molecular complexity index is 1080. The van der Waals surface area contributed by atoms with Crippen LogP contribution in [0.3, 0.4) is 0 Å². The molecule has 1 aromatic heterocycles. The number of hydrogen-bond donors (Lipinski definition) is 1. The predicted octanol–water partition coefficient (Wildman–Crippen LogP) is 5.59. The molecule has 4 aliphatic rings.